The maximum absolute atomic E-state index is 12.4. The van der Waals surface area contributed by atoms with Gasteiger partial charge in [-0.3, -0.25) is 4.79 Å². The van der Waals surface area contributed by atoms with E-state index in [1.807, 2.05) is 56.5 Å². The molecule has 0 unspecified atom stereocenters. The van der Waals surface area contributed by atoms with Gasteiger partial charge in [0.1, 0.15) is 12.6 Å². The molecule has 2 N–H and O–H groups in total. The minimum Gasteiger partial charge on any atom is -0.445 e. The highest BCUT2D eigenvalue weighted by Crippen LogP contribution is 2.15. The third kappa shape index (κ3) is 5.34. The average Bonchev–Trinajstić information content (AvgIpc) is 2.96. The maximum Gasteiger partial charge on any atom is 0.408 e. The minimum absolute atomic E-state index is 0.0877. The number of carbonyl (C=O) groups excluding carboxylic acids is 2. The molecule has 0 bridgehead atoms. The Morgan fingerprint density at radius 3 is 2.54 bits per heavy atom. The smallest absolute Gasteiger partial charge is 0.408 e. The van der Waals surface area contributed by atoms with Crippen LogP contribution in [0.1, 0.15) is 25.1 Å². The zero-order valence-electron chi connectivity index (χ0n) is 13.9. The van der Waals surface area contributed by atoms with E-state index in [-0.39, 0.29) is 18.4 Å². The highest BCUT2D eigenvalue weighted by atomic mass is 32.1. The number of hydrogen-bond donors (Lipinski definition) is 2. The van der Waals surface area contributed by atoms with Crippen LogP contribution in [0, 0.1) is 12.8 Å². The summed E-state index contributed by atoms with van der Waals surface area (Å²) in [6, 6.07) is 8.67. The molecule has 0 radical (unpaired) electrons. The summed E-state index contributed by atoms with van der Waals surface area (Å²) < 4.78 is 5.17. The number of amides is 2. The van der Waals surface area contributed by atoms with Crippen molar-refractivity contribution in [1.82, 2.24) is 10.3 Å². The van der Waals surface area contributed by atoms with Crippen LogP contribution in [0.4, 0.5) is 9.93 Å². The number of alkyl carbamates (subject to hydrolysis) is 1. The van der Waals surface area contributed by atoms with E-state index in [9.17, 15) is 9.59 Å². The number of rotatable bonds is 6. The van der Waals surface area contributed by atoms with Crippen molar-refractivity contribution in [3.8, 4) is 0 Å². The number of hydrogen-bond acceptors (Lipinski definition) is 5. The van der Waals surface area contributed by atoms with Gasteiger partial charge in [0, 0.05) is 5.38 Å². The Morgan fingerprint density at radius 2 is 1.96 bits per heavy atom. The van der Waals surface area contributed by atoms with Crippen molar-refractivity contribution < 1.29 is 14.3 Å². The summed E-state index contributed by atoms with van der Waals surface area (Å²) in [5.74, 6) is -0.397. The summed E-state index contributed by atoms with van der Waals surface area (Å²) in [5.41, 5.74) is 1.73. The second kappa shape index (κ2) is 8.44. The Hall–Kier alpha value is -2.41. The number of anilines is 1. The normalized spacial score (nSPS) is 11.8. The van der Waals surface area contributed by atoms with E-state index in [0.29, 0.717) is 5.13 Å². The fourth-order valence-electron chi connectivity index (χ4n) is 2.02. The molecule has 0 saturated carbocycles. The summed E-state index contributed by atoms with van der Waals surface area (Å²) >= 11 is 1.35. The molecule has 1 aromatic heterocycles. The molecule has 1 aromatic carbocycles. The SMILES string of the molecule is Cc1csc(NC(=O)[C@@H](NC(=O)OCc2ccccc2)C(C)C)n1. The van der Waals surface area contributed by atoms with E-state index < -0.39 is 12.1 Å². The molecule has 2 rings (SSSR count). The predicted molar refractivity (Wildman–Crippen MR) is 93.9 cm³/mol. The highest BCUT2D eigenvalue weighted by Gasteiger charge is 2.25. The standard InChI is InChI=1S/C17H21N3O3S/c1-11(2)14(15(21)20-16-18-12(3)10-24-16)19-17(22)23-9-13-7-5-4-6-8-13/h4-8,10-11,14H,9H2,1-3H3,(H,19,22)(H,18,20,21)/t14-/m0/s1. The monoisotopic (exact) mass is 347 g/mol. The van der Waals surface area contributed by atoms with E-state index in [2.05, 4.69) is 15.6 Å². The van der Waals surface area contributed by atoms with Gasteiger partial charge in [0.05, 0.1) is 5.69 Å². The molecule has 0 aliphatic carbocycles. The van der Waals surface area contributed by atoms with Crippen LogP contribution >= 0.6 is 11.3 Å². The Labute approximate surface area is 145 Å². The van der Waals surface area contributed by atoms with Crippen LogP contribution in [0.2, 0.25) is 0 Å². The van der Waals surface area contributed by atoms with E-state index in [4.69, 9.17) is 4.74 Å². The Kier molecular flexibility index (Phi) is 6.31. The lowest BCUT2D eigenvalue weighted by molar-refractivity contribution is -0.119. The molecule has 1 heterocycles. The van der Waals surface area contributed by atoms with Gasteiger partial charge in [0.25, 0.3) is 0 Å². The Morgan fingerprint density at radius 1 is 1.25 bits per heavy atom. The van der Waals surface area contributed by atoms with E-state index in [1.54, 1.807) is 0 Å². The van der Waals surface area contributed by atoms with Gasteiger partial charge < -0.3 is 15.4 Å². The number of nitrogens with zero attached hydrogens (tertiary/aromatic N) is 1. The summed E-state index contributed by atoms with van der Waals surface area (Å²) in [6.45, 7) is 5.72. The largest absolute Gasteiger partial charge is 0.445 e. The minimum atomic E-state index is -0.697. The molecular weight excluding hydrogens is 326 g/mol. The van der Waals surface area contributed by atoms with Gasteiger partial charge in [0.2, 0.25) is 5.91 Å². The average molecular weight is 347 g/mol. The molecule has 0 spiro atoms. The molecule has 7 heteroatoms. The second-order valence-electron chi connectivity index (χ2n) is 5.71. The van der Waals surface area contributed by atoms with Gasteiger partial charge in [-0.1, -0.05) is 44.2 Å². The summed E-state index contributed by atoms with van der Waals surface area (Å²) in [4.78, 5) is 28.5. The van der Waals surface area contributed by atoms with Gasteiger partial charge in [-0.2, -0.15) is 0 Å². The number of thiazole rings is 1. The third-order valence-corrected chi connectivity index (χ3v) is 4.16. The number of benzene rings is 1. The van der Waals surface area contributed by atoms with E-state index in [0.717, 1.165) is 11.3 Å². The Balaban J connectivity index is 1.89. The van der Waals surface area contributed by atoms with Gasteiger partial charge in [-0.25, -0.2) is 9.78 Å². The number of aromatic nitrogens is 1. The molecule has 1 atom stereocenters. The van der Waals surface area contributed by atoms with Crippen molar-refractivity contribution in [3.63, 3.8) is 0 Å². The topological polar surface area (TPSA) is 80.3 Å². The lowest BCUT2D eigenvalue weighted by Gasteiger charge is -2.20. The lowest BCUT2D eigenvalue weighted by atomic mass is 10.0. The van der Waals surface area contributed by atoms with Crippen LogP contribution < -0.4 is 10.6 Å². The third-order valence-electron chi connectivity index (χ3n) is 3.28. The van der Waals surface area contributed by atoms with Crippen LogP contribution in [0.25, 0.3) is 0 Å². The predicted octanol–water partition coefficient (Wildman–Crippen LogP) is 3.34. The number of aryl methyl sites for hydroxylation is 1. The van der Waals surface area contributed by atoms with Crippen molar-refractivity contribution in [1.29, 1.82) is 0 Å². The molecule has 128 valence electrons. The number of nitrogens with one attached hydrogen (secondary N) is 2. The summed E-state index contributed by atoms with van der Waals surface area (Å²) in [6.07, 6.45) is -0.622. The highest BCUT2D eigenvalue weighted by molar-refractivity contribution is 7.13. The van der Waals surface area contributed by atoms with Crippen molar-refractivity contribution >= 4 is 28.5 Å². The van der Waals surface area contributed by atoms with Crippen LogP contribution in [0.3, 0.4) is 0 Å². The lowest BCUT2D eigenvalue weighted by Crippen LogP contribution is -2.47. The van der Waals surface area contributed by atoms with Gasteiger partial charge >= 0.3 is 6.09 Å². The molecule has 2 aromatic rings. The first-order chi connectivity index (χ1) is 11.5. The first-order valence-corrected chi connectivity index (χ1v) is 8.54. The molecule has 0 fully saturated rings. The van der Waals surface area contributed by atoms with E-state index >= 15 is 0 Å². The molecule has 0 aliphatic rings. The van der Waals surface area contributed by atoms with E-state index in [1.165, 1.54) is 11.3 Å². The first-order valence-electron chi connectivity index (χ1n) is 7.66. The quantitative estimate of drug-likeness (QED) is 0.840. The fraction of sp³-hybridized carbons (Fsp3) is 0.353. The molecule has 0 aliphatic heterocycles. The van der Waals surface area contributed by atoms with Crippen LogP contribution in [0.15, 0.2) is 35.7 Å². The zero-order chi connectivity index (χ0) is 17.5. The molecule has 24 heavy (non-hydrogen) atoms. The van der Waals surface area contributed by atoms with Gasteiger partial charge in [-0.05, 0) is 18.4 Å². The maximum atomic E-state index is 12.4. The molecule has 6 nitrogen and oxygen atoms in total. The number of ether oxygens (including phenoxy) is 1. The van der Waals surface area contributed by atoms with Gasteiger partial charge in [0.15, 0.2) is 5.13 Å². The molecule has 2 amide bonds. The second-order valence-corrected chi connectivity index (χ2v) is 6.57. The fourth-order valence-corrected chi connectivity index (χ4v) is 2.71. The molecule has 0 saturated heterocycles. The summed E-state index contributed by atoms with van der Waals surface area (Å²) in [7, 11) is 0. The van der Waals surface area contributed by atoms with Crippen molar-refractivity contribution in [3.05, 3.63) is 47.0 Å². The van der Waals surface area contributed by atoms with Crippen LogP contribution in [0.5, 0.6) is 0 Å². The zero-order valence-corrected chi connectivity index (χ0v) is 14.7. The van der Waals surface area contributed by atoms with Crippen molar-refractivity contribution in [2.75, 3.05) is 5.32 Å². The Bertz CT molecular complexity index is 685. The van der Waals surface area contributed by atoms with Crippen molar-refractivity contribution in [2.45, 2.75) is 33.4 Å². The van der Waals surface area contributed by atoms with Crippen molar-refractivity contribution in [2.24, 2.45) is 5.92 Å². The molecular formula is C17H21N3O3S. The van der Waals surface area contributed by atoms with Crippen LogP contribution in [-0.4, -0.2) is 23.0 Å². The summed E-state index contributed by atoms with van der Waals surface area (Å²) in [5, 5.41) is 7.70. The number of carbonyl (C=O) groups is 2. The first kappa shape index (κ1) is 17.9. The van der Waals surface area contributed by atoms with Crippen LogP contribution in [-0.2, 0) is 16.1 Å². The van der Waals surface area contributed by atoms with Gasteiger partial charge in [-0.15, -0.1) is 11.3 Å².